The number of nitrogens with zero attached hydrogens (tertiary/aromatic N) is 2. The van der Waals surface area contributed by atoms with Crippen LogP contribution >= 0.6 is 0 Å². The summed E-state index contributed by atoms with van der Waals surface area (Å²) in [6.07, 6.45) is 0.821. The third kappa shape index (κ3) is 3.60. The van der Waals surface area contributed by atoms with Crippen LogP contribution in [0, 0.1) is 0 Å². The number of hydrogen-bond donors (Lipinski definition) is 0. The van der Waals surface area contributed by atoms with Gasteiger partial charge in [0.2, 0.25) is 0 Å². The third-order valence-electron chi connectivity index (χ3n) is 4.43. The van der Waals surface area contributed by atoms with E-state index < -0.39 is 0 Å². The van der Waals surface area contributed by atoms with E-state index in [1.807, 2.05) is 49.9 Å². The standard InChI is InChI=1S/C20H26N2O4/c1-4-9-22-19(23)17(15-5-7-16(8-6-15)26-14(2)3)18(20(22)24)21-10-12-25-13-11-21/h5-8,14H,4,9-13H2,1-3H3. The molecule has 26 heavy (non-hydrogen) atoms. The van der Waals surface area contributed by atoms with Gasteiger partial charge in [-0.1, -0.05) is 19.1 Å². The molecule has 2 aliphatic heterocycles. The Morgan fingerprint density at radius 2 is 1.73 bits per heavy atom. The molecule has 1 fully saturated rings. The van der Waals surface area contributed by atoms with Crippen molar-refractivity contribution in [2.24, 2.45) is 0 Å². The van der Waals surface area contributed by atoms with Crippen molar-refractivity contribution < 1.29 is 19.1 Å². The van der Waals surface area contributed by atoms with Crippen molar-refractivity contribution in [2.75, 3.05) is 32.8 Å². The Morgan fingerprint density at radius 1 is 1.08 bits per heavy atom. The van der Waals surface area contributed by atoms with Gasteiger partial charge in [-0.3, -0.25) is 14.5 Å². The molecule has 0 atom stereocenters. The van der Waals surface area contributed by atoms with Gasteiger partial charge < -0.3 is 14.4 Å². The molecule has 0 unspecified atom stereocenters. The number of amides is 2. The van der Waals surface area contributed by atoms with Crippen molar-refractivity contribution in [1.82, 2.24) is 9.80 Å². The Hall–Kier alpha value is -2.34. The quantitative estimate of drug-likeness (QED) is 0.731. The van der Waals surface area contributed by atoms with Crippen molar-refractivity contribution in [3.8, 4) is 5.75 Å². The fourth-order valence-corrected chi connectivity index (χ4v) is 3.30. The predicted molar refractivity (Wildman–Crippen MR) is 98.5 cm³/mol. The fraction of sp³-hybridized carbons (Fsp3) is 0.500. The van der Waals surface area contributed by atoms with Gasteiger partial charge in [0.1, 0.15) is 11.4 Å². The van der Waals surface area contributed by atoms with Gasteiger partial charge in [-0.25, -0.2) is 0 Å². The number of ether oxygens (including phenoxy) is 2. The number of benzene rings is 1. The van der Waals surface area contributed by atoms with Gasteiger partial charge in [-0.05, 0) is 38.0 Å². The molecule has 0 aromatic heterocycles. The van der Waals surface area contributed by atoms with Crippen LogP contribution in [0.25, 0.3) is 5.57 Å². The molecule has 6 nitrogen and oxygen atoms in total. The predicted octanol–water partition coefficient (Wildman–Crippen LogP) is 2.30. The minimum absolute atomic E-state index is 0.0821. The summed E-state index contributed by atoms with van der Waals surface area (Å²) < 4.78 is 11.1. The molecule has 1 saturated heterocycles. The third-order valence-corrected chi connectivity index (χ3v) is 4.43. The van der Waals surface area contributed by atoms with E-state index in [2.05, 4.69) is 0 Å². The van der Waals surface area contributed by atoms with Crippen LogP contribution in [-0.4, -0.2) is 60.6 Å². The highest BCUT2D eigenvalue weighted by molar-refractivity contribution is 6.35. The molecule has 2 aliphatic rings. The monoisotopic (exact) mass is 358 g/mol. The highest BCUT2D eigenvalue weighted by atomic mass is 16.5. The Labute approximate surface area is 154 Å². The molecule has 2 amide bonds. The Bertz CT molecular complexity index is 703. The normalized spacial score (nSPS) is 18.3. The second-order valence-corrected chi connectivity index (χ2v) is 6.78. The lowest BCUT2D eigenvalue weighted by atomic mass is 10.0. The maximum atomic E-state index is 13.0. The first-order chi connectivity index (χ1) is 12.5. The number of hydrogen-bond acceptors (Lipinski definition) is 5. The van der Waals surface area contributed by atoms with Crippen LogP contribution in [-0.2, 0) is 14.3 Å². The highest BCUT2D eigenvalue weighted by Crippen LogP contribution is 2.33. The van der Waals surface area contributed by atoms with E-state index in [1.54, 1.807) is 0 Å². The summed E-state index contributed by atoms with van der Waals surface area (Å²) in [7, 11) is 0. The average molecular weight is 358 g/mol. The van der Waals surface area contributed by atoms with E-state index in [4.69, 9.17) is 9.47 Å². The summed E-state index contributed by atoms with van der Waals surface area (Å²) >= 11 is 0. The molecule has 0 N–H and O–H groups in total. The topological polar surface area (TPSA) is 59.1 Å². The number of imide groups is 1. The van der Waals surface area contributed by atoms with Gasteiger partial charge in [0.05, 0.1) is 24.9 Å². The second-order valence-electron chi connectivity index (χ2n) is 6.78. The maximum Gasteiger partial charge on any atom is 0.277 e. The SMILES string of the molecule is CCCN1C(=O)C(c2ccc(OC(C)C)cc2)=C(N2CCOCC2)C1=O. The van der Waals surface area contributed by atoms with Crippen LogP contribution in [0.2, 0.25) is 0 Å². The summed E-state index contributed by atoms with van der Waals surface area (Å²) in [5, 5.41) is 0. The van der Waals surface area contributed by atoms with Crippen molar-refractivity contribution in [3.05, 3.63) is 35.5 Å². The molecule has 1 aromatic rings. The van der Waals surface area contributed by atoms with E-state index in [9.17, 15) is 9.59 Å². The number of rotatable bonds is 6. The van der Waals surface area contributed by atoms with E-state index in [1.165, 1.54) is 4.90 Å². The Balaban J connectivity index is 1.98. The Morgan fingerprint density at radius 3 is 2.31 bits per heavy atom. The van der Waals surface area contributed by atoms with Crippen molar-refractivity contribution in [1.29, 1.82) is 0 Å². The summed E-state index contributed by atoms with van der Waals surface area (Å²) in [6, 6.07) is 7.40. The smallest absolute Gasteiger partial charge is 0.277 e. The maximum absolute atomic E-state index is 13.0. The number of carbonyl (C=O) groups is 2. The minimum Gasteiger partial charge on any atom is -0.491 e. The van der Waals surface area contributed by atoms with Gasteiger partial charge >= 0.3 is 0 Å². The highest BCUT2D eigenvalue weighted by Gasteiger charge is 2.41. The van der Waals surface area contributed by atoms with Crippen LogP contribution in [0.4, 0.5) is 0 Å². The molecule has 0 spiro atoms. The number of morpholine rings is 1. The van der Waals surface area contributed by atoms with Crippen LogP contribution in [0.15, 0.2) is 30.0 Å². The molecular weight excluding hydrogens is 332 g/mol. The molecule has 6 heteroatoms. The first-order valence-corrected chi connectivity index (χ1v) is 9.23. The summed E-state index contributed by atoms with van der Waals surface area (Å²) in [5.41, 5.74) is 1.74. The second kappa shape index (κ2) is 7.91. The minimum atomic E-state index is -0.212. The van der Waals surface area contributed by atoms with Gasteiger partial charge in [0.15, 0.2) is 0 Å². The Kier molecular flexibility index (Phi) is 5.61. The summed E-state index contributed by atoms with van der Waals surface area (Å²) in [4.78, 5) is 29.3. The van der Waals surface area contributed by atoms with Gasteiger partial charge in [-0.2, -0.15) is 0 Å². The van der Waals surface area contributed by atoms with Gasteiger partial charge in [-0.15, -0.1) is 0 Å². The zero-order chi connectivity index (χ0) is 18.7. The summed E-state index contributed by atoms with van der Waals surface area (Å²) in [5.74, 6) is 0.339. The molecule has 0 aliphatic carbocycles. The molecule has 0 saturated carbocycles. The molecule has 2 heterocycles. The van der Waals surface area contributed by atoms with Crippen LogP contribution in [0.5, 0.6) is 5.75 Å². The zero-order valence-corrected chi connectivity index (χ0v) is 15.7. The van der Waals surface area contributed by atoms with E-state index >= 15 is 0 Å². The van der Waals surface area contributed by atoms with E-state index in [0.29, 0.717) is 44.1 Å². The van der Waals surface area contributed by atoms with Crippen molar-refractivity contribution >= 4 is 17.4 Å². The largest absolute Gasteiger partial charge is 0.491 e. The number of carbonyl (C=O) groups excluding carboxylic acids is 2. The lowest BCUT2D eigenvalue weighted by Gasteiger charge is -2.29. The van der Waals surface area contributed by atoms with Crippen LogP contribution in [0.1, 0.15) is 32.8 Å². The van der Waals surface area contributed by atoms with Crippen LogP contribution < -0.4 is 4.74 Å². The molecule has 3 rings (SSSR count). The fourth-order valence-electron chi connectivity index (χ4n) is 3.30. The van der Waals surface area contributed by atoms with E-state index in [-0.39, 0.29) is 17.9 Å². The lowest BCUT2D eigenvalue weighted by molar-refractivity contribution is -0.137. The first kappa shape index (κ1) is 18.5. The van der Waals surface area contributed by atoms with Gasteiger partial charge in [0, 0.05) is 19.6 Å². The first-order valence-electron chi connectivity index (χ1n) is 9.23. The van der Waals surface area contributed by atoms with Crippen LogP contribution in [0.3, 0.4) is 0 Å². The lowest BCUT2D eigenvalue weighted by Crippen LogP contribution is -2.40. The van der Waals surface area contributed by atoms with E-state index in [0.717, 1.165) is 17.7 Å². The molecule has 0 bridgehead atoms. The zero-order valence-electron chi connectivity index (χ0n) is 15.7. The van der Waals surface area contributed by atoms with Gasteiger partial charge in [0.25, 0.3) is 11.8 Å². The average Bonchev–Trinajstić information content (AvgIpc) is 2.88. The molecule has 1 aromatic carbocycles. The molecular formula is C20H26N2O4. The molecule has 140 valence electrons. The molecule has 0 radical (unpaired) electrons. The summed E-state index contributed by atoms with van der Waals surface area (Å²) in [6.45, 7) is 8.69. The van der Waals surface area contributed by atoms with Crippen molar-refractivity contribution in [3.63, 3.8) is 0 Å². The van der Waals surface area contributed by atoms with Crippen molar-refractivity contribution in [2.45, 2.75) is 33.3 Å².